The minimum Gasteiger partial charge on any atom is -0.310 e. The molecule has 1 aromatic carbocycles. The molecule has 2 fully saturated rings. The van der Waals surface area contributed by atoms with Crippen LogP contribution in [0.4, 0.5) is 0 Å². The van der Waals surface area contributed by atoms with E-state index >= 15 is 0 Å². The van der Waals surface area contributed by atoms with Crippen molar-refractivity contribution in [3.63, 3.8) is 0 Å². The van der Waals surface area contributed by atoms with E-state index in [1.54, 1.807) is 6.07 Å². The highest BCUT2D eigenvalue weighted by molar-refractivity contribution is 7.89. The molecule has 2 aliphatic carbocycles. The van der Waals surface area contributed by atoms with Crippen LogP contribution in [-0.2, 0) is 16.6 Å². The van der Waals surface area contributed by atoms with E-state index in [4.69, 9.17) is 0 Å². The quantitative estimate of drug-likeness (QED) is 0.843. The zero-order valence-corrected chi connectivity index (χ0v) is 12.8. The van der Waals surface area contributed by atoms with Crippen LogP contribution in [0.25, 0.3) is 0 Å². The smallest absolute Gasteiger partial charge is 0.241 e. The van der Waals surface area contributed by atoms with Crippen LogP contribution in [0, 0.1) is 12.8 Å². The lowest BCUT2D eigenvalue weighted by molar-refractivity contribution is 0.577. The van der Waals surface area contributed by atoms with Crippen molar-refractivity contribution in [1.29, 1.82) is 0 Å². The number of hydrogen-bond donors (Lipinski definition) is 2. The summed E-state index contributed by atoms with van der Waals surface area (Å²) in [7, 11) is -3.38. The Bertz CT molecular complexity index is 608. The molecular weight excluding hydrogens is 272 g/mol. The molecule has 2 aliphatic rings. The molecule has 0 amide bonds. The van der Waals surface area contributed by atoms with Crippen molar-refractivity contribution in [2.75, 3.05) is 0 Å². The molecule has 0 spiro atoms. The lowest BCUT2D eigenvalue weighted by atomic mass is 10.1. The Morgan fingerprint density at radius 1 is 1.30 bits per heavy atom. The second-order valence-corrected chi connectivity index (χ2v) is 7.82. The molecule has 1 aromatic rings. The van der Waals surface area contributed by atoms with Gasteiger partial charge in [0.25, 0.3) is 0 Å². The molecule has 2 N–H and O–H groups in total. The summed E-state index contributed by atoms with van der Waals surface area (Å²) in [6.45, 7) is 4.71. The van der Waals surface area contributed by atoms with E-state index in [0.29, 0.717) is 16.9 Å². The zero-order valence-electron chi connectivity index (χ0n) is 12.0. The first kappa shape index (κ1) is 14.0. The predicted octanol–water partition coefficient (Wildman–Crippen LogP) is 1.93. The molecule has 20 heavy (non-hydrogen) atoms. The highest BCUT2D eigenvalue weighted by Gasteiger charge is 2.36. The average molecular weight is 294 g/mol. The Kier molecular flexibility index (Phi) is 3.60. The Balaban J connectivity index is 1.79. The largest absolute Gasteiger partial charge is 0.310 e. The van der Waals surface area contributed by atoms with E-state index in [1.807, 2.05) is 19.1 Å². The molecule has 0 bridgehead atoms. The van der Waals surface area contributed by atoms with Crippen molar-refractivity contribution in [1.82, 2.24) is 10.0 Å². The molecule has 5 heteroatoms. The van der Waals surface area contributed by atoms with Crippen LogP contribution < -0.4 is 10.0 Å². The van der Waals surface area contributed by atoms with Gasteiger partial charge in [-0.15, -0.1) is 0 Å². The zero-order chi connectivity index (χ0) is 14.3. The lowest BCUT2D eigenvalue weighted by Gasteiger charge is -2.13. The molecule has 4 nitrogen and oxygen atoms in total. The maximum atomic E-state index is 12.4. The van der Waals surface area contributed by atoms with Crippen molar-refractivity contribution in [3.8, 4) is 0 Å². The van der Waals surface area contributed by atoms with Gasteiger partial charge in [0.15, 0.2) is 0 Å². The molecule has 0 heterocycles. The predicted molar refractivity (Wildman–Crippen MR) is 78.9 cm³/mol. The summed E-state index contributed by atoms with van der Waals surface area (Å²) in [6.07, 6.45) is 3.41. The number of benzene rings is 1. The standard InChI is InChI=1S/C15H22N2O2S/c1-10-8-14(10)17-20(18,19)15-5-3-4-12(11(15)2)9-16-13-6-7-13/h3-5,10,13-14,16-17H,6-9H2,1-2H3. The van der Waals surface area contributed by atoms with Crippen LogP contribution in [-0.4, -0.2) is 20.5 Å². The van der Waals surface area contributed by atoms with Crippen LogP contribution in [0.1, 0.15) is 37.3 Å². The van der Waals surface area contributed by atoms with Gasteiger partial charge in [0.2, 0.25) is 10.0 Å². The first-order chi connectivity index (χ1) is 9.47. The topological polar surface area (TPSA) is 58.2 Å². The monoisotopic (exact) mass is 294 g/mol. The van der Waals surface area contributed by atoms with E-state index < -0.39 is 10.0 Å². The summed E-state index contributed by atoms with van der Waals surface area (Å²) in [6, 6.07) is 6.28. The van der Waals surface area contributed by atoms with E-state index in [2.05, 4.69) is 17.0 Å². The fraction of sp³-hybridized carbons (Fsp3) is 0.600. The van der Waals surface area contributed by atoms with Crippen LogP contribution in [0.5, 0.6) is 0 Å². The molecule has 110 valence electrons. The van der Waals surface area contributed by atoms with E-state index in [9.17, 15) is 8.42 Å². The molecule has 0 saturated heterocycles. The van der Waals surface area contributed by atoms with Crippen molar-refractivity contribution >= 4 is 10.0 Å². The van der Waals surface area contributed by atoms with Crippen LogP contribution in [0.3, 0.4) is 0 Å². The molecule has 2 atom stereocenters. The van der Waals surface area contributed by atoms with E-state index in [-0.39, 0.29) is 6.04 Å². The molecule has 2 unspecified atom stereocenters. The van der Waals surface area contributed by atoms with Crippen molar-refractivity contribution < 1.29 is 8.42 Å². The highest BCUT2D eigenvalue weighted by Crippen LogP contribution is 2.31. The third-order valence-electron chi connectivity index (χ3n) is 4.26. The van der Waals surface area contributed by atoms with Crippen LogP contribution in [0.2, 0.25) is 0 Å². The first-order valence-electron chi connectivity index (χ1n) is 7.31. The Morgan fingerprint density at radius 2 is 2.00 bits per heavy atom. The van der Waals surface area contributed by atoms with Gasteiger partial charge in [0.1, 0.15) is 0 Å². The Morgan fingerprint density at radius 3 is 2.60 bits per heavy atom. The number of rotatable bonds is 6. The summed E-state index contributed by atoms with van der Waals surface area (Å²) in [5, 5.41) is 3.44. The fourth-order valence-electron chi connectivity index (χ4n) is 2.43. The SMILES string of the molecule is Cc1c(CNC2CC2)cccc1S(=O)(=O)NC1CC1C. The van der Waals surface area contributed by atoms with Gasteiger partial charge in [-0.1, -0.05) is 19.1 Å². The normalized spacial score (nSPS) is 25.7. The number of hydrogen-bond acceptors (Lipinski definition) is 3. The third-order valence-corrected chi connectivity index (χ3v) is 5.89. The van der Waals surface area contributed by atoms with Crippen molar-refractivity contribution in [3.05, 3.63) is 29.3 Å². The Hall–Kier alpha value is -0.910. The second-order valence-electron chi connectivity index (χ2n) is 6.14. The van der Waals surface area contributed by atoms with Crippen molar-refractivity contribution in [2.24, 2.45) is 5.92 Å². The fourth-order valence-corrected chi connectivity index (χ4v) is 4.08. The molecule has 0 aromatic heterocycles. The maximum Gasteiger partial charge on any atom is 0.241 e. The van der Waals surface area contributed by atoms with Gasteiger partial charge in [-0.3, -0.25) is 0 Å². The Labute approximate surface area is 121 Å². The number of sulfonamides is 1. The van der Waals surface area contributed by atoms with Gasteiger partial charge in [-0.25, -0.2) is 13.1 Å². The van der Waals surface area contributed by atoms with Gasteiger partial charge in [0, 0.05) is 18.6 Å². The molecular formula is C15H22N2O2S. The van der Waals surface area contributed by atoms with E-state index in [1.165, 1.54) is 12.8 Å². The summed E-state index contributed by atoms with van der Waals surface area (Å²) >= 11 is 0. The molecule has 0 radical (unpaired) electrons. The highest BCUT2D eigenvalue weighted by atomic mass is 32.2. The molecule has 3 rings (SSSR count). The summed E-state index contributed by atoms with van der Waals surface area (Å²) in [5.74, 6) is 0.463. The van der Waals surface area contributed by atoms with Gasteiger partial charge >= 0.3 is 0 Å². The van der Waals surface area contributed by atoms with Gasteiger partial charge in [-0.2, -0.15) is 0 Å². The van der Waals surface area contributed by atoms with Gasteiger partial charge < -0.3 is 5.32 Å². The summed E-state index contributed by atoms with van der Waals surface area (Å²) in [4.78, 5) is 0.423. The maximum absolute atomic E-state index is 12.4. The van der Waals surface area contributed by atoms with Crippen LogP contribution in [0.15, 0.2) is 23.1 Å². The first-order valence-corrected chi connectivity index (χ1v) is 8.80. The summed E-state index contributed by atoms with van der Waals surface area (Å²) in [5.41, 5.74) is 1.94. The lowest BCUT2D eigenvalue weighted by Crippen LogP contribution is -2.28. The molecule has 2 saturated carbocycles. The van der Waals surface area contributed by atoms with Gasteiger partial charge in [0.05, 0.1) is 4.90 Å². The van der Waals surface area contributed by atoms with Crippen molar-refractivity contribution in [2.45, 2.75) is 56.6 Å². The number of nitrogens with one attached hydrogen (secondary N) is 2. The minimum absolute atomic E-state index is 0.118. The minimum atomic E-state index is -3.38. The summed E-state index contributed by atoms with van der Waals surface area (Å²) < 4.78 is 27.6. The average Bonchev–Trinajstić information content (AvgIpc) is 3.28. The second kappa shape index (κ2) is 5.13. The van der Waals surface area contributed by atoms with Crippen LogP contribution >= 0.6 is 0 Å². The molecule has 0 aliphatic heterocycles. The van der Waals surface area contributed by atoms with Gasteiger partial charge in [-0.05, 0) is 49.3 Å². The third kappa shape index (κ3) is 3.05. The van der Waals surface area contributed by atoms with E-state index in [0.717, 1.165) is 24.1 Å².